The van der Waals surface area contributed by atoms with E-state index in [1.165, 1.54) is 6.42 Å². The lowest BCUT2D eigenvalue weighted by molar-refractivity contribution is 0.576. The predicted octanol–water partition coefficient (Wildman–Crippen LogP) is 3.15. The molecule has 2 aliphatic heterocycles. The highest BCUT2D eigenvalue weighted by Gasteiger charge is 2.38. The third-order valence-electron chi connectivity index (χ3n) is 5.72. The Kier molecular flexibility index (Phi) is 4.10. The molecule has 6 rings (SSSR count). The van der Waals surface area contributed by atoms with Crippen molar-refractivity contribution >= 4 is 39.1 Å². The average molecular weight is 417 g/mol. The first kappa shape index (κ1) is 17.7. The number of thiazole rings is 1. The maximum atomic E-state index is 4.77. The van der Waals surface area contributed by atoms with Gasteiger partial charge >= 0.3 is 0 Å². The number of piperazine rings is 1. The van der Waals surface area contributed by atoms with Crippen molar-refractivity contribution in [3.63, 3.8) is 0 Å². The third kappa shape index (κ3) is 3.06. The zero-order chi connectivity index (χ0) is 20.1. The van der Waals surface area contributed by atoms with E-state index in [1.54, 1.807) is 23.7 Å². The van der Waals surface area contributed by atoms with Crippen LogP contribution in [-0.2, 0) is 0 Å². The monoisotopic (exact) mass is 416 g/mol. The number of fused-ring (bicyclic) bond motifs is 3. The van der Waals surface area contributed by atoms with Gasteiger partial charge in [-0.1, -0.05) is 6.07 Å². The predicted molar refractivity (Wildman–Crippen MR) is 118 cm³/mol. The zero-order valence-electron chi connectivity index (χ0n) is 16.4. The first-order valence-corrected chi connectivity index (χ1v) is 10.8. The fourth-order valence-corrected chi connectivity index (χ4v) is 5.22. The molecule has 4 aromatic heterocycles. The number of anilines is 3. The molecule has 150 valence electrons. The second kappa shape index (κ2) is 6.96. The molecule has 2 fully saturated rings. The normalized spacial score (nSPS) is 20.2. The third-order valence-corrected chi connectivity index (χ3v) is 6.73. The van der Waals surface area contributed by atoms with Crippen LogP contribution < -0.4 is 15.5 Å². The van der Waals surface area contributed by atoms with Gasteiger partial charge < -0.3 is 15.5 Å². The molecule has 0 unspecified atom stereocenters. The second-order valence-corrected chi connectivity index (χ2v) is 8.77. The largest absolute Gasteiger partial charge is 0.351 e. The van der Waals surface area contributed by atoms with Crippen molar-refractivity contribution in [2.24, 2.45) is 0 Å². The van der Waals surface area contributed by atoms with Gasteiger partial charge in [0.05, 0.1) is 10.2 Å². The molecule has 2 N–H and O–H groups in total. The van der Waals surface area contributed by atoms with Crippen LogP contribution in [0, 0.1) is 6.92 Å². The number of aryl methyl sites for hydroxylation is 1. The number of aromatic nitrogens is 5. The van der Waals surface area contributed by atoms with E-state index in [0.717, 1.165) is 45.4 Å². The van der Waals surface area contributed by atoms with E-state index >= 15 is 0 Å². The summed E-state index contributed by atoms with van der Waals surface area (Å²) in [5.41, 5.74) is 2.91. The van der Waals surface area contributed by atoms with Crippen molar-refractivity contribution < 1.29 is 0 Å². The van der Waals surface area contributed by atoms with Crippen molar-refractivity contribution in [1.29, 1.82) is 0 Å². The summed E-state index contributed by atoms with van der Waals surface area (Å²) in [7, 11) is 0. The lowest BCUT2D eigenvalue weighted by atomic mass is 10.2. The Morgan fingerprint density at radius 1 is 1.17 bits per heavy atom. The molecule has 30 heavy (non-hydrogen) atoms. The molecule has 0 amide bonds. The fourth-order valence-electron chi connectivity index (χ4n) is 4.24. The van der Waals surface area contributed by atoms with Crippen LogP contribution in [0.2, 0.25) is 0 Å². The Morgan fingerprint density at radius 2 is 2.13 bits per heavy atom. The van der Waals surface area contributed by atoms with E-state index < -0.39 is 0 Å². The molecule has 0 aliphatic carbocycles. The van der Waals surface area contributed by atoms with Gasteiger partial charge in [0.1, 0.15) is 22.3 Å². The van der Waals surface area contributed by atoms with Crippen LogP contribution in [0.4, 0.5) is 17.6 Å². The Hall–Kier alpha value is -3.17. The number of hydrogen-bond acceptors (Lipinski definition) is 9. The molecule has 2 atom stereocenters. The number of rotatable bonds is 4. The lowest BCUT2D eigenvalue weighted by Gasteiger charge is -2.28. The van der Waals surface area contributed by atoms with Gasteiger partial charge in [-0.15, -0.1) is 11.3 Å². The molecule has 0 saturated carbocycles. The van der Waals surface area contributed by atoms with Crippen molar-refractivity contribution in [1.82, 2.24) is 30.2 Å². The van der Waals surface area contributed by atoms with Crippen LogP contribution in [0.25, 0.3) is 20.9 Å². The second-order valence-electron chi connectivity index (χ2n) is 7.74. The molecular weight excluding hydrogens is 396 g/mol. The number of hydrogen-bond donors (Lipinski definition) is 2. The summed E-state index contributed by atoms with van der Waals surface area (Å²) >= 11 is 1.60. The lowest BCUT2D eigenvalue weighted by Crippen LogP contribution is -2.44. The summed E-state index contributed by atoms with van der Waals surface area (Å²) in [6.45, 7) is 4.07. The Balaban J connectivity index is 1.27. The number of nitrogens with zero attached hydrogens (tertiary/aromatic N) is 6. The molecule has 9 heteroatoms. The summed E-state index contributed by atoms with van der Waals surface area (Å²) in [5.74, 6) is 2.19. The van der Waals surface area contributed by atoms with Crippen LogP contribution >= 0.6 is 11.3 Å². The van der Waals surface area contributed by atoms with Crippen molar-refractivity contribution in [3.8, 4) is 10.7 Å². The van der Waals surface area contributed by atoms with Gasteiger partial charge in [0, 0.05) is 49.8 Å². The molecule has 0 radical (unpaired) electrons. The average Bonchev–Trinajstić information content (AvgIpc) is 3.49. The van der Waals surface area contributed by atoms with Crippen LogP contribution in [0.3, 0.4) is 0 Å². The van der Waals surface area contributed by atoms with Crippen LogP contribution in [-0.4, -0.2) is 50.1 Å². The minimum absolute atomic E-state index is 0.524. The highest BCUT2D eigenvalue weighted by molar-refractivity contribution is 7.21. The molecule has 0 spiro atoms. The standard InChI is InChI=1S/C21H20N8S/c1-12-3-2-5-22-19(12)20-26-15-8-17(25-10-16(15)30-20)27-21-23-6-4-18(28-21)29-11-13-7-14(29)9-24-13/h2-6,8,10,13-14,24H,7,9,11H2,1H3,(H,23,25,27,28)/t13-,14-/m0/s1. The van der Waals surface area contributed by atoms with Crippen molar-refractivity contribution in [3.05, 3.63) is 48.4 Å². The number of pyridine rings is 2. The Bertz CT molecular complexity index is 1240. The summed E-state index contributed by atoms with van der Waals surface area (Å²) < 4.78 is 1.02. The maximum Gasteiger partial charge on any atom is 0.230 e. The van der Waals surface area contributed by atoms with Crippen molar-refractivity contribution in [2.45, 2.75) is 25.4 Å². The minimum Gasteiger partial charge on any atom is -0.351 e. The summed E-state index contributed by atoms with van der Waals surface area (Å²) in [6.07, 6.45) is 6.62. The molecule has 8 nitrogen and oxygen atoms in total. The SMILES string of the molecule is Cc1cccnc1-c1nc2cc(Nc3nccc(N4C[C@@H]5C[C@H]4CN5)n3)ncc2s1. The molecule has 6 heterocycles. The van der Waals surface area contributed by atoms with Crippen LogP contribution in [0.1, 0.15) is 12.0 Å². The highest BCUT2D eigenvalue weighted by atomic mass is 32.1. The van der Waals surface area contributed by atoms with E-state index in [2.05, 4.69) is 30.5 Å². The molecule has 2 bridgehead atoms. The van der Waals surface area contributed by atoms with Gasteiger partial charge in [-0.05, 0) is 31.0 Å². The molecule has 4 aromatic rings. The highest BCUT2D eigenvalue weighted by Crippen LogP contribution is 2.32. The van der Waals surface area contributed by atoms with Gasteiger partial charge in [-0.3, -0.25) is 4.98 Å². The van der Waals surface area contributed by atoms with E-state index in [9.17, 15) is 0 Å². The van der Waals surface area contributed by atoms with Crippen molar-refractivity contribution in [2.75, 3.05) is 23.3 Å². The van der Waals surface area contributed by atoms with Gasteiger partial charge in [-0.25, -0.2) is 15.0 Å². The summed E-state index contributed by atoms with van der Waals surface area (Å²) in [6, 6.07) is 9.00. The number of nitrogens with one attached hydrogen (secondary N) is 2. The first-order chi connectivity index (χ1) is 14.7. The fraction of sp³-hybridized carbons (Fsp3) is 0.286. The maximum absolute atomic E-state index is 4.77. The van der Waals surface area contributed by atoms with Gasteiger partial charge in [0.15, 0.2) is 0 Å². The Morgan fingerprint density at radius 3 is 2.97 bits per heavy atom. The quantitative estimate of drug-likeness (QED) is 0.524. The summed E-state index contributed by atoms with van der Waals surface area (Å²) in [5, 5.41) is 7.66. The van der Waals surface area contributed by atoms with Gasteiger partial charge in [0.25, 0.3) is 0 Å². The minimum atomic E-state index is 0.524. The van der Waals surface area contributed by atoms with Gasteiger partial charge in [-0.2, -0.15) is 4.98 Å². The van der Waals surface area contributed by atoms with E-state index in [0.29, 0.717) is 23.8 Å². The van der Waals surface area contributed by atoms with Crippen LogP contribution in [0.5, 0.6) is 0 Å². The molecular formula is C21H20N8S. The van der Waals surface area contributed by atoms with E-state index in [-0.39, 0.29) is 0 Å². The Labute approximate surface area is 177 Å². The zero-order valence-corrected chi connectivity index (χ0v) is 17.2. The molecule has 2 aliphatic rings. The topological polar surface area (TPSA) is 91.8 Å². The van der Waals surface area contributed by atoms with E-state index in [4.69, 9.17) is 9.97 Å². The van der Waals surface area contributed by atoms with E-state index in [1.807, 2.05) is 37.4 Å². The molecule has 2 saturated heterocycles. The summed E-state index contributed by atoms with van der Waals surface area (Å²) in [4.78, 5) is 25.3. The smallest absolute Gasteiger partial charge is 0.230 e. The first-order valence-electron chi connectivity index (χ1n) is 10.0. The molecule has 0 aromatic carbocycles. The van der Waals surface area contributed by atoms with Gasteiger partial charge in [0.2, 0.25) is 5.95 Å². The van der Waals surface area contributed by atoms with Crippen LogP contribution in [0.15, 0.2) is 42.9 Å².